The van der Waals surface area contributed by atoms with Gasteiger partial charge in [0, 0.05) is 56.2 Å². The van der Waals surface area contributed by atoms with Crippen LogP contribution in [0.5, 0.6) is 0 Å². The highest BCUT2D eigenvalue weighted by atomic mass is 16.2. The number of aromatic nitrogens is 2. The normalized spacial score (nSPS) is 14.2. The van der Waals surface area contributed by atoms with Gasteiger partial charge >= 0.3 is 6.03 Å². The van der Waals surface area contributed by atoms with Crippen molar-refractivity contribution >= 4 is 11.7 Å². The van der Waals surface area contributed by atoms with Crippen molar-refractivity contribution in [2.45, 2.75) is 57.8 Å². The maximum Gasteiger partial charge on any atom is 0.322 e. The Labute approximate surface area is 196 Å². The number of nitrogens with one attached hydrogen (secondary N) is 1. The molecule has 6 nitrogen and oxygen atoms in total. The van der Waals surface area contributed by atoms with E-state index in [2.05, 4.69) is 33.3 Å². The SMILES string of the molecule is CN(Cc1ccccc1NC(=O)N(Cc1ccncc1)Cc1cccnc1)C1CCCCC1. The topological polar surface area (TPSA) is 61.4 Å². The molecule has 2 amide bonds. The molecule has 4 rings (SSSR count). The van der Waals surface area contributed by atoms with E-state index in [0.717, 1.165) is 28.9 Å². The van der Waals surface area contributed by atoms with E-state index in [4.69, 9.17) is 0 Å². The largest absolute Gasteiger partial charge is 0.322 e. The molecule has 0 atom stereocenters. The quantitative estimate of drug-likeness (QED) is 0.501. The Bertz CT molecular complexity index is 964. The molecule has 33 heavy (non-hydrogen) atoms. The third-order valence-corrected chi connectivity index (χ3v) is 6.38. The average molecular weight is 444 g/mol. The molecule has 3 aromatic rings. The van der Waals surface area contributed by atoms with Gasteiger partial charge in [-0.2, -0.15) is 0 Å². The molecule has 6 heteroatoms. The minimum absolute atomic E-state index is 0.122. The summed E-state index contributed by atoms with van der Waals surface area (Å²) in [5.41, 5.74) is 4.04. The summed E-state index contributed by atoms with van der Waals surface area (Å²) >= 11 is 0. The van der Waals surface area contributed by atoms with Gasteiger partial charge in [-0.25, -0.2) is 4.79 Å². The lowest BCUT2D eigenvalue weighted by atomic mass is 9.94. The van der Waals surface area contributed by atoms with E-state index < -0.39 is 0 Å². The second-order valence-corrected chi connectivity index (χ2v) is 8.87. The van der Waals surface area contributed by atoms with E-state index in [1.165, 1.54) is 32.1 Å². The molecule has 1 saturated carbocycles. The van der Waals surface area contributed by atoms with Crippen molar-refractivity contribution in [3.63, 3.8) is 0 Å². The van der Waals surface area contributed by atoms with Gasteiger partial charge in [0.2, 0.25) is 0 Å². The number of pyridine rings is 2. The number of nitrogens with zero attached hydrogens (tertiary/aromatic N) is 4. The number of hydrogen-bond donors (Lipinski definition) is 1. The van der Waals surface area contributed by atoms with Gasteiger partial charge in [-0.05, 0) is 60.8 Å². The Kier molecular flexibility index (Phi) is 8.04. The molecule has 1 fully saturated rings. The summed E-state index contributed by atoms with van der Waals surface area (Å²) in [5.74, 6) is 0. The summed E-state index contributed by atoms with van der Waals surface area (Å²) in [5, 5.41) is 3.18. The molecule has 0 saturated heterocycles. The molecule has 1 aromatic carbocycles. The highest BCUT2D eigenvalue weighted by Crippen LogP contribution is 2.25. The Hall–Kier alpha value is -3.25. The van der Waals surface area contributed by atoms with Crippen molar-refractivity contribution in [2.75, 3.05) is 12.4 Å². The minimum atomic E-state index is -0.122. The van der Waals surface area contributed by atoms with Crippen LogP contribution in [-0.4, -0.2) is 38.9 Å². The summed E-state index contributed by atoms with van der Waals surface area (Å²) in [6.07, 6.45) is 13.6. The first-order valence-corrected chi connectivity index (χ1v) is 11.8. The number of rotatable bonds is 8. The maximum atomic E-state index is 13.4. The summed E-state index contributed by atoms with van der Waals surface area (Å²) in [7, 11) is 2.20. The molecule has 2 aromatic heterocycles. The Morgan fingerprint density at radius 3 is 2.39 bits per heavy atom. The van der Waals surface area contributed by atoms with Gasteiger partial charge in [0.25, 0.3) is 0 Å². The number of hydrogen-bond acceptors (Lipinski definition) is 4. The number of urea groups is 1. The van der Waals surface area contributed by atoms with Crippen molar-refractivity contribution in [1.29, 1.82) is 0 Å². The van der Waals surface area contributed by atoms with E-state index >= 15 is 0 Å². The van der Waals surface area contributed by atoms with Crippen LogP contribution in [0.2, 0.25) is 0 Å². The second kappa shape index (κ2) is 11.6. The van der Waals surface area contributed by atoms with Gasteiger partial charge in [-0.3, -0.25) is 14.9 Å². The molecule has 0 aliphatic heterocycles. The summed E-state index contributed by atoms with van der Waals surface area (Å²) in [6, 6.07) is 16.4. The Balaban J connectivity index is 1.48. The Morgan fingerprint density at radius 1 is 0.879 bits per heavy atom. The molecule has 172 valence electrons. The van der Waals surface area contributed by atoms with Crippen molar-refractivity contribution in [3.8, 4) is 0 Å². The van der Waals surface area contributed by atoms with Crippen LogP contribution < -0.4 is 5.32 Å². The highest BCUT2D eigenvalue weighted by molar-refractivity contribution is 5.90. The molecular weight excluding hydrogens is 410 g/mol. The van der Waals surface area contributed by atoms with Crippen LogP contribution in [0.15, 0.2) is 73.3 Å². The molecule has 2 heterocycles. The number of carbonyl (C=O) groups excluding carboxylic acids is 1. The van der Waals surface area contributed by atoms with Crippen LogP contribution in [-0.2, 0) is 19.6 Å². The molecule has 0 radical (unpaired) electrons. The van der Waals surface area contributed by atoms with Crippen LogP contribution in [0, 0.1) is 0 Å². The summed E-state index contributed by atoms with van der Waals surface area (Å²) < 4.78 is 0. The number of anilines is 1. The van der Waals surface area contributed by atoms with Gasteiger partial charge < -0.3 is 10.2 Å². The first-order valence-electron chi connectivity index (χ1n) is 11.8. The molecule has 0 unspecified atom stereocenters. The maximum absolute atomic E-state index is 13.4. The lowest BCUT2D eigenvalue weighted by Gasteiger charge is -2.32. The van der Waals surface area contributed by atoms with Crippen LogP contribution >= 0.6 is 0 Å². The summed E-state index contributed by atoms with van der Waals surface area (Å²) in [6.45, 7) is 1.80. The zero-order valence-electron chi connectivity index (χ0n) is 19.4. The average Bonchev–Trinajstić information content (AvgIpc) is 2.86. The van der Waals surface area contributed by atoms with Crippen LogP contribution in [0.3, 0.4) is 0 Å². The fraction of sp³-hybridized carbons (Fsp3) is 0.370. The van der Waals surface area contributed by atoms with E-state index in [-0.39, 0.29) is 6.03 Å². The lowest BCUT2D eigenvalue weighted by molar-refractivity contribution is 0.184. The third kappa shape index (κ3) is 6.62. The highest BCUT2D eigenvalue weighted by Gasteiger charge is 2.20. The lowest BCUT2D eigenvalue weighted by Crippen LogP contribution is -2.35. The summed E-state index contributed by atoms with van der Waals surface area (Å²) in [4.78, 5) is 26.0. The van der Waals surface area contributed by atoms with Gasteiger partial charge in [0.1, 0.15) is 0 Å². The van der Waals surface area contributed by atoms with Crippen molar-refractivity contribution in [3.05, 3.63) is 90.0 Å². The zero-order chi connectivity index (χ0) is 22.9. The standard InChI is InChI=1S/C27H33N5O/c1-31(25-10-3-2-4-11-25)21-24-9-5-6-12-26(24)30-27(33)32(19-22-13-16-28-17-14-22)20-23-8-7-15-29-18-23/h5-9,12-18,25H,2-4,10-11,19-21H2,1H3,(H,30,33). The molecule has 0 spiro atoms. The second-order valence-electron chi connectivity index (χ2n) is 8.87. The number of carbonyl (C=O) groups is 1. The van der Waals surface area contributed by atoms with E-state index in [1.807, 2.05) is 47.4 Å². The van der Waals surface area contributed by atoms with Gasteiger partial charge in [0.15, 0.2) is 0 Å². The molecule has 1 aliphatic carbocycles. The molecule has 0 bridgehead atoms. The van der Waals surface area contributed by atoms with E-state index in [0.29, 0.717) is 19.1 Å². The van der Waals surface area contributed by atoms with Gasteiger partial charge in [0.05, 0.1) is 0 Å². The molecule has 1 aliphatic rings. The van der Waals surface area contributed by atoms with Crippen LogP contribution in [0.1, 0.15) is 48.8 Å². The predicted octanol–water partition coefficient (Wildman–Crippen LogP) is 5.48. The smallest absolute Gasteiger partial charge is 0.316 e. The fourth-order valence-electron chi connectivity index (χ4n) is 4.51. The third-order valence-electron chi connectivity index (χ3n) is 6.38. The van der Waals surface area contributed by atoms with Gasteiger partial charge in [-0.15, -0.1) is 0 Å². The fourth-order valence-corrected chi connectivity index (χ4v) is 4.51. The first-order chi connectivity index (χ1) is 16.2. The van der Waals surface area contributed by atoms with Crippen LogP contribution in [0.4, 0.5) is 10.5 Å². The monoisotopic (exact) mass is 443 g/mol. The van der Waals surface area contributed by atoms with Crippen molar-refractivity contribution < 1.29 is 4.79 Å². The van der Waals surface area contributed by atoms with E-state index in [1.54, 1.807) is 24.8 Å². The predicted molar refractivity (Wildman–Crippen MR) is 132 cm³/mol. The van der Waals surface area contributed by atoms with Crippen molar-refractivity contribution in [1.82, 2.24) is 19.8 Å². The number of benzene rings is 1. The van der Waals surface area contributed by atoms with Crippen molar-refractivity contribution in [2.24, 2.45) is 0 Å². The number of para-hydroxylation sites is 1. The molecular formula is C27H33N5O. The first kappa shape index (κ1) is 22.9. The number of amides is 2. The minimum Gasteiger partial charge on any atom is -0.316 e. The van der Waals surface area contributed by atoms with E-state index in [9.17, 15) is 4.79 Å². The Morgan fingerprint density at radius 2 is 1.64 bits per heavy atom. The van der Waals surface area contributed by atoms with Crippen LogP contribution in [0.25, 0.3) is 0 Å². The van der Waals surface area contributed by atoms with Gasteiger partial charge in [-0.1, -0.05) is 43.5 Å². The zero-order valence-corrected chi connectivity index (χ0v) is 19.4. The molecule has 1 N–H and O–H groups in total.